The Hall–Kier alpha value is -0.120. The number of nitrogens with two attached hydrogens (primary N) is 1. The second-order valence-electron chi connectivity index (χ2n) is 5.54. The zero-order valence-corrected chi connectivity index (χ0v) is 9.62. The van der Waals surface area contributed by atoms with Gasteiger partial charge in [-0.1, -0.05) is 0 Å². The van der Waals surface area contributed by atoms with Crippen molar-refractivity contribution < 1.29 is 0 Å². The van der Waals surface area contributed by atoms with Crippen LogP contribution in [0.3, 0.4) is 0 Å². The first-order valence-electron chi connectivity index (χ1n) is 6.53. The summed E-state index contributed by atoms with van der Waals surface area (Å²) in [7, 11) is 0. The maximum Gasteiger partial charge on any atom is 0.0332 e. The van der Waals surface area contributed by atoms with Crippen LogP contribution in [-0.2, 0) is 0 Å². The van der Waals surface area contributed by atoms with Crippen molar-refractivity contribution in [2.75, 3.05) is 32.7 Å². The highest BCUT2D eigenvalue weighted by Gasteiger charge is 2.43. The third-order valence-corrected chi connectivity index (χ3v) is 4.71. The van der Waals surface area contributed by atoms with Crippen molar-refractivity contribution in [2.45, 2.75) is 43.7 Å². The van der Waals surface area contributed by atoms with Gasteiger partial charge in [0.25, 0.3) is 0 Å². The molecule has 3 nitrogen and oxygen atoms in total. The zero-order chi connectivity index (χ0) is 10.3. The minimum absolute atomic E-state index is 0.412. The molecule has 2 N–H and O–H groups in total. The monoisotopic (exact) mass is 209 g/mol. The fraction of sp³-hybridized carbons (Fsp3) is 1.00. The van der Waals surface area contributed by atoms with Gasteiger partial charge in [0.2, 0.25) is 0 Å². The molecule has 3 fully saturated rings. The summed E-state index contributed by atoms with van der Waals surface area (Å²) < 4.78 is 0. The molecule has 0 unspecified atom stereocenters. The van der Waals surface area contributed by atoms with E-state index in [1.165, 1.54) is 58.3 Å². The van der Waals surface area contributed by atoms with Crippen molar-refractivity contribution in [3.05, 3.63) is 0 Å². The Morgan fingerprint density at radius 1 is 1.07 bits per heavy atom. The summed E-state index contributed by atoms with van der Waals surface area (Å²) in [5.41, 5.74) is 6.36. The van der Waals surface area contributed by atoms with E-state index in [2.05, 4.69) is 9.80 Å². The number of hydrogen-bond acceptors (Lipinski definition) is 3. The van der Waals surface area contributed by atoms with Gasteiger partial charge >= 0.3 is 0 Å². The van der Waals surface area contributed by atoms with Crippen molar-refractivity contribution >= 4 is 0 Å². The molecule has 0 atom stereocenters. The van der Waals surface area contributed by atoms with E-state index in [0.29, 0.717) is 5.54 Å². The van der Waals surface area contributed by atoms with Crippen LogP contribution in [0.2, 0.25) is 0 Å². The summed E-state index contributed by atoms with van der Waals surface area (Å²) in [6.07, 6.45) is 6.96. The molecular formula is C12H23N3. The van der Waals surface area contributed by atoms with Crippen LogP contribution in [0.1, 0.15) is 32.1 Å². The average Bonchev–Trinajstić information content (AvgIpc) is 3.01. The van der Waals surface area contributed by atoms with E-state index >= 15 is 0 Å². The molecule has 1 heterocycles. The normalized spacial score (nSPS) is 32.6. The molecule has 3 aliphatic rings. The van der Waals surface area contributed by atoms with Gasteiger partial charge < -0.3 is 5.73 Å². The van der Waals surface area contributed by atoms with E-state index in [1.807, 2.05) is 0 Å². The minimum atomic E-state index is 0.412. The molecule has 1 saturated heterocycles. The van der Waals surface area contributed by atoms with E-state index in [1.54, 1.807) is 0 Å². The molecule has 0 amide bonds. The molecule has 0 bridgehead atoms. The molecule has 0 aromatic rings. The first-order chi connectivity index (χ1) is 7.34. The van der Waals surface area contributed by atoms with Gasteiger partial charge in [0.1, 0.15) is 0 Å². The summed E-state index contributed by atoms with van der Waals surface area (Å²) >= 11 is 0. The van der Waals surface area contributed by atoms with Crippen LogP contribution in [0.15, 0.2) is 0 Å². The van der Waals surface area contributed by atoms with E-state index in [0.717, 1.165) is 12.6 Å². The average molecular weight is 209 g/mol. The Labute approximate surface area is 92.6 Å². The van der Waals surface area contributed by atoms with E-state index < -0.39 is 0 Å². The molecule has 0 aromatic carbocycles. The van der Waals surface area contributed by atoms with Crippen LogP contribution in [0, 0.1) is 0 Å². The van der Waals surface area contributed by atoms with Gasteiger partial charge in [-0.05, 0) is 32.1 Å². The predicted molar refractivity (Wildman–Crippen MR) is 61.8 cm³/mol. The van der Waals surface area contributed by atoms with Crippen LogP contribution >= 0.6 is 0 Å². The van der Waals surface area contributed by atoms with E-state index in [-0.39, 0.29) is 0 Å². The minimum Gasteiger partial charge on any atom is -0.329 e. The Kier molecular flexibility index (Phi) is 2.49. The molecule has 3 heteroatoms. The van der Waals surface area contributed by atoms with Crippen molar-refractivity contribution in [1.29, 1.82) is 0 Å². The third kappa shape index (κ3) is 1.71. The van der Waals surface area contributed by atoms with Gasteiger partial charge in [0.05, 0.1) is 0 Å². The van der Waals surface area contributed by atoms with Crippen molar-refractivity contribution in [3.8, 4) is 0 Å². The highest BCUT2D eigenvalue weighted by atomic mass is 15.3. The van der Waals surface area contributed by atoms with E-state index in [9.17, 15) is 0 Å². The lowest BCUT2D eigenvalue weighted by Crippen LogP contribution is -2.63. The molecule has 0 radical (unpaired) electrons. The van der Waals surface area contributed by atoms with Gasteiger partial charge in [-0.3, -0.25) is 9.80 Å². The Bertz CT molecular complexity index is 220. The summed E-state index contributed by atoms with van der Waals surface area (Å²) in [4.78, 5) is 5.36. The quantitative estimate of drug-likeness (QED) is 0.740. The zero-order valence-electron chi connectivity index (χ0n) is 9.62. The Morgan fingerprint density at radius 2 is 1.73 bits per heavy atom. The summed E-state index contributed by atoms with van der Waals surface area (Å²) in [5, 5.41) is 0. The lowest BCUT2D eigenvalue weighted by atomic mass is 9.75. The Balaban J connectivity index is 1.56. The van der Waals surface area contributed by atoms with Gasteiger partial charge in [-0.25, -0.2) is 0 Å². The molecule has 0 aromatic heterocycles. The molecule has 2 saturated carbocycles. The summed E-state index contributed by atoms with van der Waals surface area (Å²) in [6.45, 7) is 5.96. The van der Waals surface area contributed by atoms with E-state index in [4.69, 9.17) is 5.73 Å². The van der Waals surface area contributed by atoms with Gasteiger partial charge in [0, 0.05) is 44.3 Å². The second kappa shape index (κ2) is 3.72. The molecule has 0 spiro atoms. The van der Waals surface area contributed by atoms with Crippen molar-refractivity contribution in [2.24, 2.45) is 5.73 Å². The maximum atomic E-state index is 5.95. The number of rotatable bonds is 3. The topological polar surface area (TPSA) is 32.5 Å². The number of piperazine rings is 1. The largest absolute Gasteiger partial charge is 0.329 e. The fourth-order valence-corrected chi connectivity index (χ4v) is 3.24. The lowest BCUT2D eigenvalue weighted by Gasteiger charge is -2.52. The molecular weight excluding hydrogens is 186 g/mol. The van der Waals surface area contributed by atoms with Crippen LogP contribution in [-0.4, -0.2) is 54.1 Å². The SMILES string of the molecule is NCC1(N2CCN(C3CC3)CC2)CCC1. The molecule has 1 aliphatic heterocycles. The number of hydrogen-bond donors (Lipinski definition) is 1. The third-order valence-electron chi connectivity index (χ3n) is 4.71. The van der Waals surface area contributed by atoms with Gasteiger partial charge in [0.15, 0.2) is 0 Å². The molecule has 3 rings (SSSR count). The lowest BCUT2D eigenvalue weighted by molar-refractivity contribution is -0.0140. The van der Waals surface area contributed by atoms with Crippen molar-refractivity contribution in [1.82, 2.24) is 9.80 Å². The van der Waals surface area contributed by atoms with Crippen LogP contribution in [0.5, 0.6) is 0 Å². The van der Waals surface area contributed by atoms with Crippen LogP contribution < -0.4 is 5.73 Å². The molecule has 15 heavy (non-hydrogen) atoms. The van der Waals surface area contributed by atoms with Crippen molar-refractivity contribution in [3.63, 3.8) is 0 Å². The highest BCUT2D eigenvalue weighted by molar-refractivity contribution is 5.01. The smallest absolute Gasteiger partial charge is 0.0332 e. The van der Waals surface area contributed by atoms with Crippen LogP contribution in [0.25, 0.3) is 0 Å². The first kappa shape index (κ1) is 10.1. The van der Waals surface area contributed by atoms with Gasteiger partial charge in [-0.15, -0.1) is 0 Å². The van der Waals surface area contributed by atoms with Crippen LogP contribution in [0.4, 0.5) is 0 Å². The standard InChI is InChI=1S/C12H23N3/c13-10-12(4-1-5-12)15-8-6-14(7-9-15)11-2-3-11/h11H,1-10,13H2. The summed E-state index contributed by atoms with van der Waals surface area (Å²) in [5.74, 6) is 0. The first-order valence-corrected chi connectivity index (χ1v) is 6.53. The number of nitrogens with zero attached hydrogens (tertiary/aromatic N) is 2. The maximum absolute atomic E-state index is 5.95. The highest BCUT2D eigenvalue weighted by Crippen LogP contribution is 2.38. The second-order valence-corrected chi connectivity index (χ2v) is 5.54. The fourth-order valence-electron chi connectivity index (χ4n) is 3.24. The predicted octanol–water partition coefficient (Wildman–Crippen LogP) is 0.648. The molecule has 2 aliphatic carbocycles. The van der Waals surface area contributed by atoms with Gasteiger partial charge in [-0.2, -0.15) is 0 Å². The summed E-state index contributed by atoms with van der Waals surface area (Å²) in [6, 6.07) is 0.947. The Morgan fingerprint density at radius 3 is 2.13 bits per heavy atom. The molecule has 86 valence electrons.